The van der Waals surface area contributed by atoms with Crippen molar-refractivity contribution in [1.82, 2.24) is 15.0 Å². The number of hydrogen-bond donors (Lipinski definition) is 1. The Bertz CT molecular complexity index is 353. The van der Waals surface area contributed by atoms with Crippen LogP contribution in [0.3, 0.4) is 0 Å². The van der Waals surface area contributed by atoms with E-state index >= 15 is 0 Å². The fourth-order valence-electron chi connectivity index (χ4n) is 1.19. The first-order valence-corrected chi connectivity index (χ1v) is 3.54. The molecule has 2 heterocycles. The van der Waals surface area contributed by atoms with E-state index in [9.17, 15) is 0 Å². The lowest BCUT2D eigenvalue weighted by molar-refractivity contribution is 1.19. The molecule has 3 heteroatoms. The zero-order valence-electron chi connectivity index (χ0n) is 6.55. The molecule has 11 heavy (non-hydrogen) atoms. The van der Waals surface area contributed by atoms with Gasteiger partial charge in [0.25, 0.3) is 0 Å². The lowest BCUT2D eigenvalue weighted by atomic mass is 10.2. The predicted molar refractivity (Wildman–Crippen MR) is 43.4 cm³/mol. The van der Waals surface area contributed by atoms with E-state index in [1.165, 1.54) is 0 Å². The van der Waals surface area contributed by atoms with Crippen LogP contribution >= 0.6 is 0 Å². The Kier molecular flexibility index (Phi) is 1.18. The number of pyridine rings is 1. The van der Waals surface area contributed by atoms with Gasteiger partial charge in [0.15, 0.2) is 0 Å². The van der Waals surface area contributed by atoms with Crippen LogP contribution < -0.4 is 0 Å². The van der Waals surface area contributed by atoms with Gasteiger partial charge in [0.2, 0.25) is 0 Å². The van der Waals surface area contributed by atoms with Crippen molar-refractivity contribution in [2.24, 2.45) is 0 Å². The standard InChI is InChI=1S/C8H9N3/c1-5-3-9-6(2)8-7(5)10-4-11-8/h3-4H,1-2H3,(H,10,11). The zero-order valence-corrected chi connectivity index (χ0v) is 6.55. The zero-order chi connectivity index (χ0) is 7.84. The van der Waals surface area contributed by atoms with E-state index in [1.54, 1.807) is 6.33 Å². The van der Waals surface area contributed by atoms with Gasteiger partial charge in [-0.05, 0) is 19.4 Å². The topological polar surface area (TPSA) is 41.6 Å². The highest BCUT2D eigenvalue weighted by Gasteiger charge is 2.01. The van der Waals surface area contributed by atoms with Gasteiger partial charge in [-0.25, -0.2) is 4.98 Å². The van der Waals surface area contributed by atoms with Crippen LogP contribution in [0.1, 0.15) is 11.3 Å². The SMILES string of the molecule is Cc1cnc(C)c2[nH]cnc12. The van der Waals surface area contributed by atoms with Crippen molar-refractivity contribution in [3.8, 4) is 0 Å². The highest BCUT2D eigenvalue weighted by molar-refractivity contribution is 5.79. The van der Waals surface area contributed by atoms with Gasteiger partial charge < -0.3 is 4.98 Å². The number of aromatic nitrogens is 3. The number of fused-ring (bicyclic) bond motifs is 1. The molecule has 1 N–H and O–H groups in total. The summed E-state index contributed by atoms with van der Waals surface area (Å²) in [5, 5.41) is 0. The molecule has 0 aromatic carbocycles. The van der Waals surface area contributed by atoms with E-state index in [-0.39, 0.29) is 0 Å². The summed E-state index contributed by atoms with van der Waals surface area (Å²) in [5.41, 5.74) is 4.19. The maximum Gasteiger partial charge on any atom is 0.0945 e. The third-order valence-corrected chi connectivity index (χ3v) is 1.83. The molecular weight excluding hydrogens is 138 g/mol. The van der Waals surface area contributed by atoms with Gasteiger partial charge >= 0.3 is 0 Å². The van der Waals surface area contributed by atoms with Crippen LogP contribution in [0, 0.1) is 13.8 Å². The minimum absolute atomic E-state index is 1.00. The first kappa shape index (κ1) is 6.34. The number of aryl methyl sites for hydroxylation is 2. The number of rotatable bonds is 0. The van der Waals surface area contributed by atoms with Crippen molar-refractivity contribution in [2.45, 2.75) is 13.8 Å². The maximum atomic E-state index is 4.21. The summed E-state index contributed by atoms with van der Waals surface area (Å²) in [6.45, 7) is 3.98. The molecule has 3 nitrogen and oxygen atoms in total. The Morgan fingerprint density at radius 2 is 2.09 bits per heavy atom. The quantitative estimate of drug-likeness (QED) is 0.614. The molecule has 0 aliphatic rings. The lowest BCUT2D eigenvalue weighted by Crippen LogP contribution is -1.85. The molecule has 0 radical (unpaired) electrons. The second kappa shape index (κ2) is 2.05. The maximum absolute atomic E-state index is 4.21. The van der Waals surface area contributed by atoms with E-state index < -0.39 is 0 Å². The average molecular weight is 147 g/mol. The fourth-order valence-corrected chi connectivity index (χ4v) is 1.19. The number of nitrogens with one attached hydrogen (secondary N) is 1. The van der Waals surface area contributed by atoms with Crippen LogP contribution in [0.4, 0.5) is 0 Å². The summed E-state index contributed by atoms with van der Waals surface area (Å²) in [6.07, 6.45) is 3.55. The summed E-state index contributed by atoms with van der Waals surface area (Å²) in [5.74, 6) is 0. The highest BCUT2D eigenvalue weighted by atomic mass is 14.9. The Morgan fingerprint density at radius 1 is 1.27 bits per heavy atom. The van der Waals surface area contributed by atoms with Crippen LogP contribution in [-0.4, -0.2) is 15.0 Å². The Labute approximate surface area is 64.5 Å². The monoisotopic (exact) mass is 147 g/mol. The second-order valence-electron chi connectivity index (χ2n) is 2.65. The number of nitrogens with zero attached hydrogens (tertiary/aromatic N) is 2. The van der Waals surface area contributed by atoms with E-state index in [0.717, 1.165) is 22.3 Å². The minimum Gasteiger partial charge on any atom is -0.343 e. The van der Waals surface area contributed by atoms with E-state index in [4.69, 9.17) is 0 Å². The molecule has 0 fully saturated rings. The largest absolute Gasteiger partial charge is 0.343 e. The molecule has 0 aliphatic heterocycles. The number of H-pyrrole nitrogens is 1. The van der Waals surface area contributed by atoms with Gasteiger partial charge in [0.05, 0.1) is 23.1 Å². The van der Waals surface area contributed by atoms with Crippen molar-refractivity contribution in [3.63, 3.8) is 0 Å². The van der Waals surface area contributed by atoms with Crippen molar-refractivity contribution in [1.29, 1.82) is 0 Å². The van der Waals surface area contributed by atoms with Crippen molar-refractivity contribution >= 4 is 11.0 Å². The van der Waals surface area contributed by atoms with Gasteiger partial charge in [-0.1, -0.05) is 0 Å². The predicted octanol–water partition coefficient (Wildman–Crippen LogP) is 1.57. The van der Waals surface area contributed by atoms with E-state index in [1.807, 2.05) is 20.0 Å². The third-order valence-electron chi connectivity index (χ3n) is 1.83. The third kappa shape index (κ3) is 0.808. The number of aromatic amines is 1. The first-order valence-electron chi connectivity index (χ1n) is 3.54. The molecule has 2 aromatic rings. The Morgan fingerprint density at radius 3 is 2.82 bits per heavy atom. The molecule has 2 rings (SSSR count). The Balaban J connectivity index is 2.96. The Hall–Kier alpha value is -1.38. The fraction of sp³-hybridized carbons (Fsp3) is 0.250. The molecule has 0 amide bonds. The van der Waals surface area contributed by atoms with Crippen LogP contribution in [-0.2, 0) is 0 Å². The molecule has 0 unspecified atom stereocenters. The van der Waals surface area contributed by atoms with Gasteiger partial charge in [0, 0.05) is 6.20 Å². The van der Waals surface area contributed by atoms with E-state index in [0.29, 0.717) is 0 Å². The van der Waals surface area contributed by atoms with Crippen LogP contribution in [0.2, 0.25) is 0 Å². The molecular formula is C8H9N3. The highest BCUT2D eigenvalue weighted by Crippen LogP contribution is 2.14. The normalized spacial score (nSPS) is 10.7. The molecule has 0 atom stereocenters. The van der Waals surface area contributed by atoms with Crippen LogP contribution in [0.5, 0.6) is 0 Å². The summed E-state index contributed by atoms with van der Waals surface area (Å²) in [4.78, 5) is 11.4. The first-order chi connectivity index (χ1) is 5.29. The molecule has 56 valence electrons. The number of imidazole rings is 1. The smallest absolute Gasteiger partial charge is 0.0945 e. The lowest BCUT2D eigenvalue weighted by Gasteiger charge is -1.95. The molecule has 0 spiro atoms. The molecule has 2 aromatic heterocycles. The average Bonchev–Trinajstić information content (AvgIpc) is 2.45. The van der Waals surface area contributed by atoms with Crippen molar-refractivity contribution < 1.29 is 0 Å². The van der Waals surface area contributed by atoms with E-state index in [2.05, 4.69) is 15.0 Å². The van der Waals surface area contributed by atoms with Crippen molar-refractivity contribution in [2.75, 3.05) is 0 Å². The van der Waals surface area contributed by atoms with Gasteiger partial charge in [-0.3, -0.25) is 4.98 Å². The molecule has 0 bridgehead atoms. The number of hydrogen-bond acceptors (Lipinski definition) is 2. The molecule has 0 aliphatic carbocycles. The van der Waals surface area contributed by atoms with Crippen molar-refractivity contribution in [3.05, 3.63) is 23.8 Å². The van der Waals surface area contributed by atoms with Gasteiger partial charge in [0.1, 0.15) is 0 Å². The van der Waals surface area contributed by atoms with Gasteiger partial charge in [-0.15, -0.1) is 0 Å². The van der Waals surface area contributed by atoms with Crippen LogP contribution in [0.15, 0.2) is 12.5 Å². The van der Waals surface area contributed by atoms with Crippen LogP contribution in [0.25, 0.3) is 11.0 Å². The summed E-state index contributed by atoms with van der Waals surface area (Å²) in [6, 6.07) is 0. The summed E-state index contributed by atoms with van der Waals surface area (Å²) >= 11 is 0. The van der Waals surface area contributed by atoms with Gasteiger partial charge in [-0.2, -0.15) is 0 Å². The molecule has 0 saturated heterocycles. The summed E-state index contributed by atoms with van der Waals surface area (Å²) < 4.78 is 0. The second-order valence-corrected chi connectivity index (χ2v) is 2.65. The minimum atomic E-state index is 1.00. The summed E-state index contributed by atoms with van der Waals surface area (Å²) in [7, 11) is 0. The molecule has 0 saturated carbocycles.